The first-order valence-electron chi connectivity index (χ1n) is 10.5. The number of H-pyrrole nitrogens is 1. The first-order chi connectivity index (χ1) is 16.0. The first kappa shape index (κ1) is 22.8. The molecule has 8 nitrogen and oxygen atoms in total. The van der Waals surface area contributed by atoms with Gasteiger partial charge in [0.05, 0.1) is 10.9 Å². The Labute approximate surface area is 194 Å². The van der Waals surface area contributed by atoms with E-state index in [9.17, 15) is 14.4 Å². The predicted molar refractivity (Wildman–Crippen MR) is 126 cm³/mol. The second-order valence-electron chi connectivity index (χ2n) is 8.86. The van der Waals surface area contributed by atoms with Crippen LogP contribution in [0.2, 0.25) is 0 Å². The number of carbonyl (C=O) groups excluding carboxylic acids is 2. The molecule has 0 aliphatic heterocycles. The van der Waals surface area contributed by atoms with E-state index in [1.807, 2.05) is 12.1 Å². The van der Waals surface area contributed by atoms with E-state index in [0.717, 1.165) is 5.39 Å². The van der Waals surface area contributed by atoms with Gasteiger partial charge in [-0.2, -0.15) is 0 Å². The molecule has 174 valence electrons. The van der Waals surface area contributed by atoms with Crippen molar-refractivity contribution in [3.63, 3.8) is 0 Å². The summed E-state index contributed by atoms with van der Waals surface area (Å²) in [6.45, 7) is 10.3. The molecule has 4 aromatic rings. The molecule has 0 radical (unpaired) electrons. The van der Waals surface area contributed by atoms with Crippen LogP contribution in [0.5, 0.6) is 23.0 Å². The molecule has 0 aliphatic carbocycles. The Balaban J connectivity index is 1.75. The van der Waals surface area contributed by atoms with Gasteiger partial charge in [-0.25, -0.2) is 9.59 Å². The summed E-state index contributed by atoms with van der Waals surface area (Å²) in [5.41, 5.74) is -0.0608. The van der Waals surface area contributed by atoms with E-state index < -0.39 is 23.1 Å². The molecule has 1 aromatic heterocycles. The van der Waals surface area contributed by atoms with Gasteiger partial charge in [-0.3, -0.25) is 9.78 Å². The quantitative estimate of drug-likeness (QED) is 0.237. The molecule has 1 heterocycles. The fraction of sp³-hybridized carbons (Fsp3) is 0.192. The zero-order valence-electron chi connectivity index (χ0n) is 19.2. The van der Waals surface area contributed by atoms with Gasteiger partial charge in [-0.05, 0) is 51.3 Å². The van der Waals surface area contributed by atoms with Crippen LogP contribution in [-0.2, 0) is 9.59 Å². The number of esters is 2. The fourth-order valence-corrected chi connectivity index (χ4v) is 3.09. The minimum Gasteiger partial charge on any atom is -0.456 e. The minimum atomic E-state index is -0.771. The normalized spacial score (nSPS) is 11.4. The van der Waals surface area contributed by atoms with Crippen molar-refractivity contribution >= 4 is 33.8 Å². The lowest BCUT2D eigenvalue weighted by molar-refractivity contribution is -0.143. The lowest BCUT2D eigenvalue weighted by atomic mass is 9.97. The number of hydrogen-bond acceptors (Lipinski definition) is 7. The van der Waals surface area contributed by atoms with Gasteiger partial charge in [-0.15, -0.1) is 0 Å². The van der Waals surface area contributed by atoms with Gasteiger partial charge >= 0.3 is 17.7 Å². The van der Waals surface area contributed by atoms with Gasteiger partial charge in [0.15, 0.2) is 11.3 Å². The maximum Gasteiger partial charge on any atom is 0.417 e. The smallest absolute Gasteiger partial charge is 0.417 e. The van der Waals surface area contributed by atoms with Crippen molar-refractivity contribution in [2.45, 2.75) is 27.7 Å². The summed E-state index contributed by atoms with van der Waals surface area (Å²) in [6.07, 6.45) is 0. The lowest BCUT2D eigenvalue weighted by Crippen LogP contribution is -2.25. The summed E-state index contributed by atoms with van der Waals surface area (Å²) >= 11 is 0. The zero-order valence-corrected chi connectivity index (χ0v) is 19.2. The third-order valence-corrected chi connectivity index (χ3v) is 4.88. The Morgan fingerprint density at radius 1 is 0.971 bits per heavy atom. The van der Waals surface area contributed by atoms with Crippen LogP contribution in [0.3, 0.4) is 0 Å². The Morgan fingerprint density at radius 3 is 2.44 bits per heavy atom. The number of carbonyl (C=O) groups is 2. The number of hydrogen-bond donors (Lipinski definition) is 1. The van der Waals surface area contributed by atoms with E-state index in [1.54, 1.807) is 58.0 Å². The highest BCUT2D eigenvalue weighted by Gasteiger charge is 2.26. The molecule has 4 rings (SSSR count). The third-order valence-electron chi connectivity index (χ3n) is 4.88. The summed E-state index contributed by atoms with van der Waals surface area (Å²) in [4.78, 5) is 38.7. The van der Waals surface area contributed by atoms with E-state index in [0.29, 0.717) is 28.2 Å². The Bertz CT molecular complexity index is 1500. The topological polar surface area (TPSA) is 108 Å². The summed E-state index contributed by atoms with van der Waals surface area (Å²) in [6, 6.07) is 13.7. The number of aromatic amines is 1. The van der Waals surface area contributed by atoms with Crippen LogP contribution in [-0.4, -0.2) is 16.9 Å². The maximum absolute atomic E-state index is 12.5. The fourth-order valence-electron chi connectivity index (χ4n) is 3.09. The van der Waals surface area contributed by atoms with E-state index in [2.05, 4.69) is 11.6 Å². The molecule has 0 unspecified atom stereocenters. The van der Waals surface area contributed by atoms with Crippen LogP contribution >= 0.6 is 0 Å². The molecule has 0 spiro atoms. The first-order valence-corrected chi connectivity index (χ1v) is 10.5. The van der Waals surface area contributed by atoms with Crippen molar-refractivity contribution in [3.05, 3.63) is 71.2 Å². The van der Waals surface area contributed by atoms with Crippen LogP contribution in [0.4, 0.5) is 0 Å². The Morgan fingerprint density at radius 2 is 1.74 bits per heavy atom. The van der Waals surface area contributed by atoms with Crippen molar-refractivity contribution < 1.29 is 28.2 Å². The second-order valence-corrected chi connectivity index (χ2v) is 8.86. The van der Waals surface area contributed by atoms with Crippen LogP contribution in [0, 0.1) is 5.41 Å². The molecule has 0 atom stereocenters. The van der Waals surface area contributed by atoms with E-state index in [1.165, 1.54) is 6.07 Å². The van der Waals surface area contributed by atoms with E-state index in [4.69, 9.17) is 18.6 Å². The molecule has 0 saturated carbocycles. The average Bonchev–Trinajstić information content (AvgIpc) is 3.13. The lowest BCUT2D eigenvalue weighted by Gasteiger charge is -2.17. The maximum atomic E-state index is 12.5. The van der Waals surface area contributed by atoms with Crippen molar-refractivity contribution in [1.29, 1.82) is 0 Å². The van der Waals surface area contributed by atoms with Crippen LogP contribution in [0.15, 0.2) is 69.9 Å². The average molecular weight is 461 g/mol. The molecule has 0 bridgehead atoms. The largest absolute Gasteiger partial charge is 0.456 e. The van der Waals surface area contributed by atoms with Gasteiger partial charge in [0.1, 0.15) is 17.2 Å². The molecule has 8 heteroatoms. The standard InChI is InChI=1S/C26H23NO7/c1-14(2)23(28)32-16-10-9-15-7-6-8-20(18(15)11-16)31-17-12-19-22(34-25(30)27-19)21(13-17)33-24(29)26(3,4)5/h6-13H,1H2,2-5H3,(H,27,30). The van der Waals surface area contributed by atoms with Gasteiger partial charge in [-0.1, -0.05) is 24.8 Å². The molecule has 0 amide bonds. The zero-order chi connectivity index (χ0) is 24.6. The summed E-state index contributed by atoms with van der Waals surface area (Å²) in [7, 11) is 0. The van der Waals surface area contributed by atoms with Gasteiger partial charge in [0.2, 0.25) is 0 Å². The predicted octanol–water partition coefficient (Wildman–Crippen LogP) is 5.50. The highest BCUT2D eigenvalue weighted by molar-refractivity contribution is 5.93. The van der Waals surface area contributed by atoms with Crippen LogP contribution in [0.1, 0.15) is 27.7 Å². The SMILES string of the molecule is C=C(C)C(=O)Oc1ccc2cccc(Oc3cc(OC(=O)C(C)(C)C)c4oc(=O)[nH]c4c3)c2c1. The highest BCUT2D eigenvalue weighted by Crippen LogP contribution is 2.37. The molecular formula is C26H23NO7. The Hall–Kier alpha value is -4.33. The number of fused-ring (bicyclic) bond motifs is 2. The van der Waals surface area contributed by atoms with Crippen LogP contribution < -0.4 is 20.0 Å². The number of ether oxygens (including phenoxy) is 3. The van der Waals surface area contributed by atoms with E-state index in [-0.39, 0.29) is 16.9 Å². The molecule has 1 N–H and O–H groups in total. The summed E-state index contributed by atoms with van der Waals surface area (Å²) < 4.78 is 22.1. The minimum absolute atomic E-state index is 0.0575. The van der Waals surface area contributed by atoms with Gasteiger partial charge in [0.25, 0.3) is 0 Å². The monoisotopic (exact) mass is 461 g/mol. The molecule has 0 saturated heterocycles. The van der Waals surface area contributed by atoms with Crippen LogP contribution in [0.25, 0.3) is 21.9 Å². The highest BCUT2D eigenvalue weighted by atomic mass is 16.5. The molecule has 34 heavy (non-hydrogen) atoms. The Kier molecular flexibility index (Phi) is 5.75. The number of oxazole rings is 1. The molecular weight excluding hydrogens is 438 g/mol. The molecule has 0 fully saturated rings. The second kappa shape index (κ2) is 8.55. The van der Waals surface area contributed by atoms with Crippen molar-refractivity contribution in [1.82, 2.24) is 4.98 Å². The third kappa shape index (κ3) is 4.71. The number of benzene rings is 3. The van der Waals surface area contributed by atoms with Gasteiger partial charge in [0, 0.05) is 23.1 Å². The van der Waals surface area contributed by atoms with Crippen molar-refractivity contribution in [3.8, 4) is 23.0 Å². The summed E-state index contributed by atoms with van der Waals surface area (Å²) in [5, 5.41) is 1.54. The van der Waals surface area contributed by atoms with Crippen molar-refractivity contribution in [2.24, 2.45) is 5.41 Å². The number of rotatable bonds is 5. The van der Waals surface area contributed by atoms with E-state index >= 15 is 0 Å². The number of aromatic nitrogens is 1. The molecule has 0 aliphatic rings. The number of nitrogens with one attached hydrogen (secondary N) is 1. The van der Waals surface area contributed by atoms with Gasteiger partial charge < -0.3 is 18.6 Å². The van der Waals surface area contributed by atoms with Crippen molar-refractivity contribution in [2.75, 3.05) is 0 Å². The summed E-state index contributed by atoms with van der Waals surface area (Å²) in [5.74, 6) is -0.550. The molecule has 3 aromatic carbocycles.